The topological polar surface area (TPSA) is 32.3 Å². The summed E-state index contributed by atoms with van der Waals surface area (Å²) in [6, 6.07) is 0.599. The van der Waals surface area contributed by atoms with Gasteiger partial charge in [-0.25, -0.2) is 0 Å². The average molecular weight is 197 g/mol. The van der Waals surface area contributed by atoms with Crippen LogP contribution in [0.15, 0.2) is 0 Å². The molecule has 2 heteroatoms. The predicted molar refractivity (Wildman–Crippen MR) is 58.2 cm³/mol. The van der Waals surface area contributed by atoms with Crippen LogP contribution in [0.4, 0.5) is 0 Å². The Morgan fingerprint density at radius 3 is 2.71 bits per heavy atom. The molecule has 0 aromatic carbocycles. The van der Waals surface area contributed by atoms with Crippen molar-refractivity contribution in [3.05, 3.63) is 0 Å². The molecule has 0 radical (unpaired) electrons. The van der Waals surface area contributed by atoms with E-state index < -0.39 is 0 Å². The average Bonchev–Trinajstić information content (AvgIpc) is 2.23. The highest BCUT2D eigenvalue weighted by molar-refractivity contribution is 4.88. The van der Waals surface area contributed by atoms with Crippen LogP contribution in [0.1, 0.15) is 45.4 Å². The van der Waals surface area contributed by atoms with Crippen molar-refractivity contribution in [1.29, 1.82) is 0 Å². The third kappa shape index (κ3) is 2.29. The minimum atomic E-state index is -0.0400. The second-order valence-corrected chi connectivity index (χ2v) is 5.21. The van der Waals surface area contributed by atoms with Crippen LogP contribution in [0.25, 0.3) is 0 Å². The molecule has 2 aliphatic rings. The summed E-state index contributed by atoms with van der Waals surface area (Å²) >= 11 is 0. The summed E-state index contributed by atoms with van der Waals surface area (Å²) in [7, 11) is 0. The summed E-state index contributed by atoms with van der Waals surface area (Å²) in [5, 5.41) is 13.6. The van der Waals surface area contributed by atoms with E-state index in [1.54, 1.807) is 0 Å². The Hall–Kier alpha value is -0.0800. The Labute approximate surface area is 87.1 Å². The van der Waals surface area contributed by atoms with Crippen LogP contribution < -0.4 is 5.32 Å². The highest BCUT2D eigenvalue weighted by Crippen LogP contribution is 2.33. The van der Waals surface area contributed by atoms with E-state index in [0.29, 0.717) is 12.0 Å². The van der Waals surface area contributed by atoms with Crippen molar-refractivity contribution in [1.82, 2.24) is 5.32 Å². The van der Waals surface area contributed by atoms with E-state index in [4.69, 9.17) is 0 Å². The summed E-state index contributed by atoms with van der Waals surface area (Å²) in [5.74, 6) is 1.34. The fourth-order valence-electron chi connectivity index (χ4n) is 3.09. The lowest BCUT2D eigenvalue weighted by Gasteiger charge is -2.39. The van der Waals surface area contributed by atoms with Gasteiger partial charge in [0, 0.05) is 12.0 Å². The van der Waals surface area contributed by atoms with Crippen molar-refractivity contribution in [2.45, 2.75) is 57.6 Å². The SMILES string of the molecule is C[C@H]1CC[C@H](O)[C@H]([C@@H]2CCCCN2)C1. The third-order valence-corrected chi connectivity index (χ3v) is 3.99. The molecule has 0 bridgehead atoms. The largest absolute Gasteiger partial charge is 0.393 e. The molecule has 0 aromatic rings. The first-order valence-corrected chi connectivity index (χ1v) is 6.19. The summed E-state index contributed by atoms with van der Waals surface area (Å²) in [6.07, 6.45) is 7.34. The predicted octanol–water partition coefficient (Wildman–Crippen LogP) is 1.93. The second-order valence-electron chi connectivity index (χ2n) is 5.21. The Bertz CT molecular complexity index is 177. The maximum atomic E-state index is 10.00. The van der Waals surface area contributed by atoms with Gasteiger partial charge in [-0.3, -0.25) is 0 Å². The van der Waals surface area contributed by atoms with Gasteiger partial charge in [-0.2, -0.15) is 0 Å². The highest BCUT2D eigenvalue weighted by Gasteiger charge is 2.33. The number of aliphatic hydroxyl groups excluding tert-OH is 1. The number of hydrogen-bond acceptors (Lipinski definition) is 2. The van der Waals surface area contributed by atoms with Gasteiger partial charge in [0.2, 0.25) is 0 Å². The highest BCUT2D eigenvalue weighted by atomic mass is 16.3. The monoisotopic (exact) mass is 197 g/mol. The van der Waals surface area contributed by atoms with Gasteiger partial charge in [0.05, 0.1) is 6.10 Å². The van der Waals surface area contributed by atoms with Crippen molar-refractivity contribution >= 4 is 0 Å². The fourth-order valence-corrected chi connectivity index (χ4v) is 3.09. The van der Waals surface area contributed by atoms with Crippen molar-refractivity contribution in [2.24, 2.45) is 11.8 Å². The number of rotatable bonds is 1. The molecule has 1 heterocycles. The molecule has 2 rings (SSSR count). The van der Waals surface area contributed by atoms with Crippen LogP contribution in [0, 0.1) is 11.8 Å². The van der Waals surface area contributed by atoms with Crippen LogP contribution in [0.2, 0.25) is 0 Å². The van der Waals surface area contributed by atoms with Crippen LogP contribution >= 0.6 is 0 Å². The molecule has 14 heavy (non-hydrogen) atoms. The number of aliphatic hydroxyl groups is 1. The molecule has 0 spiro atoms. The van der Waals surface area contributed by atoms with E-state index in [1.807, 2.05) is 0 Å². The van der Waals surface area contributed by atoms with E-state index in [0.717, 1.165) is 18.9 Å². The number of piperidine rings is 1. The summed E-state index contributed by atoms with van der Waals surface area (Å²) < 4.78 is 0. The summed E-state index contributed by atoms with van der Waals surface area (Å²) in [5.41, 5.74) is 0. The third-order valence-electron chi connectivity index (χ3n) is 3.99. The fraction of sp³-hybridized carbons (Fsp3) is 1.00. The van der Waals surface area contributed by atoms with Crippen molar-refractivity contribution in [2.75, 3.05) is 6.54 Å². The van der Waals surface area contributed by atoms with Gasteiger partial charge >= 0.3 is 0 Å². The molecule has 1 saturated heterocycles. The number of hydrogen-bond donors (Lipinski definition) is 2. The van der Waals surface area contributed by atoms with Crippen LogP contribution in [0.5, 0.6) is 0 Å². The Morgan fingerprint density at radius 1 is 1.14 bits per heavy atom. The zero-order chi connectivity index (χ0) is 9.97. The maximum absolute atomic E-state index is 10.00. The lowest BCUT2D eigenvalue weighted by molar-refractivity contribution is 0.0257. The molecule has 2 fully saturated rings. The first-order valence-electron chi connectivity index (χ1n) is 6.19. The first-order chi connectivity index (χ1) is 6.77. The van der Waals surface area contributed by atoms with Gasteiger partial charge in [0.1, 0.15) is 0 Å². The summed E-state index contributed by atoms with van der Waals surface area (Å²) in [6.45, 7) is 3.48. The molecular formula is C12H23NO. The normalized spacial score (nSPS) is 45.0. The zero-order valence-electron chi connectivity index (χ0n) is 9.21. The standard InChI is InChI=1S/C12H23NO/c1-9-5-6-12(14)10(8-9)11-4-2-3-7-13-11/h9-14H,2-8H2,1H3/t9-,10-,11-,12-/m0/s1. The molecule has 0 amide bonds. The van der Waals surface area contributed by atoms with Gasteiger partial charge in [0.25, 0.3) is 0 Å². The molecule has 1 aliphatic carbocycles. The van der Waals surface area contributed by atoms with Gasteiger partial charge < -0.3 is 10.4 Å². The molecule has 4 atom stereocenters. The van der Waals surface area contributed by atoms with Crippen LogP contribution in [0.3, 0.4) is 0 Å². The van der Waals surface area contributed by atoms with Gasteiger partial charge in [-0.05, 0) is 44.6 Å². The Balaban J connectivity index is 1.92. The maximum Gasteiger partial charge on any atom is 0.0583 e. The molecular weight excluding hydrogens is 174 g/mol. The molecule has 0 aromatic heterocycles. The van der Waals surface area contributed by atoms with Crippen LogP contribution in [-0.4, -0.2) is 23.8 Å². The van der Waals surface area contributed by atoms with E-state index in [2.05, 4.69) is 12.2 Å². The second kappa shape index (κ2) is 4.63. The Morgan fingerprint density at radius 2 is 2.00 bits per heavy atom. The van der Waals surface area contributed by atoms with Crippen molar-refractivity contribution in [3.63, 3.8) is 0 Å². The van der Waals surface area contributed by atoms with Gasteiger partial charge in [0.15, 0.2) is 0 Å². The van der Waals surface area contributed by atoms with E-state index in [1.165, 1.54) is 32.1 Å². The lowest BCUT2D eigenvalue weighted by Crippen LogP contribution is -2.46. The Kier molecular flexibility index (Phi) is 3.45. The van der Waals surface area contributed by atoms with Crippen molar-refractivity contribution < 1.29 is 5.11 Å². The smallest absolute Gasteiger partial charge is 0.0583 e. The molecule has 2 nitrogen and oxygen atoms in total. The lowest BCUT2D eigenvalue weighted by atomic mass is 9.75. The molecule has 0 unspecified atom stereocenters. The molecule has 2 N–H and O–H groups in total. The van der Waals surface area contributed by atoms with Crippen LogP contribution in [-0.2, 0) is 0 Å². The first kappa shape index (κ1) is 10.4. The molecule has 82 valence electrons. The minimum absolute atomic E-state index is 0.0400. The number of nitrogens with one attached hydrogen (secondary N) is 1. The van der Waals surface area contributed by atoms with Gasteiger partial charge in [-0.15, -0.1) is 0 Å². The van der Waals surface area contributed by atoms with E-state index in [9.17, 15) is 5.11 Å². The molecule has 1 saturated carbocycles. The minimum Gasteiger partial charge on any atom is -0.393 e. The van der Waals surface area contributed by atoms with E-state index in [-0.39, 0.29) is 6.10 Å². The van der Waals surface area contributed by atoms with E-state index >= 15 is 0 Å². The van der Waals surface area contributed by atoms with Crippen molar-refractivity contribution in [3.8, 4) is 0 Å². The molecule has 1 aliphatic heterocycles. The summed E-state index contributed by atoms with van der Waals surface area (Å²) in [4.78, 5) is 0. The zero-order valence-corrected chi connectivity index (χ0v) is 9.21. The van der Waals surface area contributed by atoms with Gasteiger partial charge in [-0.1, -0.05) is 13.3 Å². The quantitative estimate of drug-likeness (QED) is 0.673.